The first-order valence-electron chi connectivity index (χ1n) is 6.32. The second kappa shape index (κ2) is 5.93. The highest BCUT2D eigenvalue weighted by molar-refractivity contribution is 5.93. The van der Waals surface area contributed by atoms with Crippen LogP contribution in [0, 0.1) is 6.92 Å². The molecule has 1 N–H and O–H groups in total. The van der Waals surface area contributed by atoms with Crippen molar-refractivity contribution in [3.63, 3.8) is 0 Å². The van der Waals surface area contributed by atoms with Crippen LogP contribution < -0.4 is 4.74 Å². The number of aromatic hydroxyl groups is 1. The quantitative estimate of drug-likeness (QED) is 0.851. The molecule has 1 aromatic carbocycles. The van der Waals surface area contributed by atoms with E-state index in [1.54, 1.807) is 13.0 Å². The van der Waals surface area contributed by atoms with E-state index in [9.17, 15) is 9.90 Å². The molecule has 104 valence electrons. The maximum absolute atomic E-state index is 11.4. The van der Waals surface area contributed by atoms with Crippen LogP contribution in [-0.4, -0.2) is 31.1 Å². The molecule has 0 amide bonds. The van der Waals surface area contributed by atoms with Crippen LogP contribution in [0.15, 0.2) is 12.1 Å². The molecule has 0 aromatic heterocycles. The lowest BCUT2D eigenvalue weighted by molar-refractivity contribution is -0.106. The van der Waals surface area contributed by atoms with E-state index in [0.29, 0.717) is 17.9 Å². The molecule has 19 heavy (non-hydrogen) atoms. The molecule has 1 aliphatic heterocycles. The third-order valence-electron chi connectivity index (χ3n) is 3.18. The van der Waals surface area contributed by atoms with E-state index in [-0.39, 0.29) is 17.6 Å². The minimum Gasteiger partial charge on any atom is -0.507 e. The molecule has 1 saturated heterocycles. The maximum atomic E-state index is 11.4. The molecule has 0 saturated carbocycles. The summed E-state index contributed by atoms with van der Waals surface area (Å²) in [7, 11) is 1.28. The maximum Gasteiger partial charge on any atom is 0.341 e. The molecule has 0 radical (unpaired) electrons. The summed E-state index contributed by atoms with van der Waals surface area (Å²) >= 11 is 0. The van der Waals surface area contributed by atoms with Crippen molar-refractivity contribution in [1.82, 2.24) is 0 Å². The van der Waals surface area contributed by atoms with Gasteiger partial charge in [0, 0.05) is 12.0 Å². The van der Waals surface area contributed by atoms with Gasteiger partial charge in [0.2, 0.25) is 0 Å². The van der Waals surface area contributed by atoms with Gasteiger partial charge in [-0.25, -0.2) is 4.79 Å². The Morgan fingerprint density at radius 1 is 1.42 bits per heavy atom. The number of esters is 1. The van der Waals surface area contributed by atoms with E-state index in [2.05, 4.69) is 4.74 Å². The topological polar surface area (TPSA) is 65.0 Å². The van der Waals surface area contributed by atoms with E-state index in [4.69, 9.17) is 9.47 Å². The predicted octanol–water partition coefficient (Wildman–Crippen LogP) is 2.39. The summed E-state index contributed by atoms with van der Waals surface area (Å²) in [5.74, 6) is -0.154. The fourth-order valence-electron chi connectivity index (χ4n) is 2.03. The highest BCUT2D eigenvalue weighted by Gasteiger charge is 2.20. The summed E-state index contributed by atoms with van der Waals surface area (Å²) in [6, 6.07) is 3.14. The van der Waals surface area contributed by atoms with Crippen molar-refractivity contribution in [2.75, 3.05) is 13.7 Å². The number of phenolic OH excluding ortho intramolecular Hbond substituents is 1. The van der Waals surface area contributed by atoms with Crippen molar-refractivity contribution in [2.24, 2.45) is 0 Å². The van der Waals surface area contributed by atoms with Crippen molar-refractivity contribution in [3.8, 4) is 11.5 Å². The Morgan fingerprint density at radius 2 is 2.21 bits per heavy atom. The van der Waals surface area contributed by atoms with Gasteiger partial charge in [-0.05, 0) is 31.9 Å². The van der Waals surface area contributed by atoms with Gasteiger partial charge in [0.05, 0.1) is 13.7 Å². The highest BCUT2D eigenvalue weighted by Crippen LogP contribution is 2.32. The molecule has 0 bridgehead atoms. The minimum atomic E-state index is -0.568. The first-order valence-corrected chi connectivity index (χ1v) is 6.32. The fourth-order valence-corrected chi connectivity index (χ4v) is 2.03. The molecular weight excluding hydrogens is 248 g/mol. The van der Waals surface area contributed by atoms with Crippen LogP contribution in [0.25, 0.3) is 0 Å². The number of benzene rings is 1. The van der Waals surface area contributed by atoms with Crippen molar-refractivity contribution in [2.45, 2.75) is 32.5 Å². The van der Waals surface area contributed by atoms with Crippen LogP contribution in [0.2, 0.25) is 0 Å². The third-order valence-corrected chi connectivity index (χ3v) is 3.18. The van der Waals surface area contributed by atoms with E-state index < -0.39 is 5.97 Å². The lowest BCUT2D eigenvalue weighted by Crippen LogP contribution is -2.25. The average Bonchev–Trinajstić information content (AvgIpc) is 2.44. The van der Waals surface area contributed by atoms with Gasteiger partial charge in [0.1, 0.15) is 17.1 Å². The zero-order chi connectivity index (χ0) is 13.8. The van der Waals surface area contributed by atoms with Crippen molar-refractivity contribution in [3.05, 3.63) is 23.3 Å². The Morgan fingerprint density at radius 3 is 2.84 bits per heavy atom. The standard InChI is InChI=1S/C14H18O5/c1-9-11(19-12-5-3-4-8-18-12)7-6-10(13(9)15)14(16)17-2/h6-7,12,15H,3-5,8H2,1-2H3. The fraction of sp³-hybridized carbons (Fsp3) is 0.500. The SMILES string of the molecule is COC(=O)c1ccc(OC2CCCCO2)c(C)c1O. The Kier molecular flexibility index (Phi) is 4.27. The summed E-state index contributed by atoms with van der Waals surface area (Å²) < 4.78 is 15.8. The second-order valence-electron chi connectivity index (χ2n) is 4.49. The smallest absolute Gasteiger partial charge is 0.341 e. The molecule has 1 heterocycles. The molecule has 5 nitrogen and oxygen atoms in total. The zero-order valence-electron chi connectivity index (χ0n) is 11.1. The van der Waals surface area contributed by atoms with E-state index in [1.807, 2.05) is 0 Å². The molecule has 5 heteroatoms. The number of methoxy groups -OCH3 is 1. The first-order chi connectivity index (χ1) is 9.13. The molecular formula is C14H18O5. The molecule has 0 aliphatic carbocycles. The van der Waals surface area contributed by atoms with Crippen LogP contribution in [0.4, 0.5) is 0 Å². The second-order valence-corrected chi connectivity index (χ2v) is 4.49. The van der Waals surface area contributed by atoms with Crippen LogP contribution in [-0.2, 0) is 9.47 Å². The van der Waals surface area contributed by atoms with Gasteiger partial charge in [0.15, 0.2) is 6.29 Å². The van der Waals surface area contributed by atoms with Gasteiger partial charge in [0.25, 0.3) is 0 Å². The summed E-state index contributed by atoms with van der Waals surface area (Å²) in [6.07, 6.45) is 2.66. The van der Waals surface area contributed by atoms with Crippen LogP contribution in [0.1, 0.15) is 35.2 Å². The Bertz CT molecular complexity index is 463. The summed E-state index contributed by atoms with van der Waals surface area (Å²) in [5.41, 5.74) is 0.647. The van der Waals surface area contributed by atoms with Crippen LogP contribution in [0.3, 0.4) is 0 Å². The number of carbonyl (C=O) groups excluding carboxylic acids is 1. The van der Waals surface area contributed by atoms with Gasteiger partial charge in [-0.15, -0.1) is 0 Å². The Labute approximate surface area is 112 Å². The van der Waals surface area contributed by atoms with E-state index >= 15 is 0 Å². The number of rotatable bonds is 3. The van der Waals surface area contributed by atoms with Gasteiger partial charge < -0.3 is 19.3 Å². The summed E-state index contributed by atoms with van der Waals surface area (Å²) in [5, 5.41) is 9.99. The number of phenols is 1. The normalized spacial score (nSPS) is 18.9. The predicted molar refractivity (Wildman–Crippen MR) is 68.4 cm³/mol. The van der Waals surface area contributed by atoms with E-state index in [0.717, 1.165) is 19.3 Å². The molecule has 1 aromatic rings. The summed E-state index contributed by atoms with van der Waals surface area (Å²) in [4.78, 5) is 11.4. The monoisotopic (exact) mass is 266 g/mol. The number of ether oxygens (including phenoxy) is 3. The van der Waals surface area contributed by atoms with Crippen LogP contribution in [0.5, 0.6) is 11.5 Å². The molecule has 2 rings (SSSR count). The third kappa shape index (κ3) is 2.98. The number of carbonyl (C=O) groups is 1. The van der Waals surface area contributed by atoms with Gasteiger partial charge >= 0.3 is 5.97 Å². The first kappa shape index (κ1) is 13.7. The molecule has 1 fully saturated rings. The summed E-state index contributed by atoms with van der Waals surface area (Å²) in [6.45, 7) is 2.38. The van der Waals surface area contributed by atoms with Crippen molar-refractivity contribution in [1.29, 1.82) is 0 Å². The molecule has 0 spiro atoms. The minimum absolute atomic E-state index is 0.111. The van der Waals surface area contributed by atoms with E-state index in [1.165, 1.54) is 13.2 Å². The lowest BCUT2D eigenvalue weighted by Gasteiger charge is -2.24. The van der Waals surface area contributed by atoms with Crippen LogP contribution >= 0.6 is 0 Å². The Balaban J connectivity index is 2.18. The Hall–Kier alpha value is -1.75. The number of hydrogen-bond donors (Lipinski definition) is 1. The van der Waals surface area contributed by atoms with Gasteiger partial charge in [-0.2, -0.15) is 0 Å². The zero-order valence-corrected chi connectivity index (χ0v) is 11.1. The lowest BCUT2D eigenvalue weighted by atomic mass is 10.1. The van der Waals surface area contributed by atoms with Crippen molar-refractivity contribution < 1.29 is 24.1 Å². The largest absolute Gasteiger partial charge is 0.507 e. The van der Waals surface area contributed by atoms with Gasteiger partial charge in [-0.1, -0.05) is 0 Å². The average molecular weight is 266 g/mol. The molecule has 1 atom stereocenters. The number of hydrogen-bond acceptors (Lipinski definition) is 5. The van der Waals surface area contributed by atoms with Crippen molar-refractivity contribution >= 4 is 5.97 Å². The molecule has 1 unspecified atom stereocenters. The highest BCUT2D eigenvalue weighted by atomic mass is 16.7. The molecule has 1 aliphatic rings. The van der Waals surface area contributed by atoms with Gasteiger partial charge in [-0.3, -0.25) is 0 Å².